The maximum absolute atomic E-state index is 9.71. The molecule has 0 aromatic heterocycles. The van der Waals surface area contributed by atoms with E-state index in [1.54, 1.807) is 0 Å². The highest BCUT2D eigenvalue weighted by atomic mass is 16.3. The summed E-state index contributed by atoms with van der Waals surface area (Å²) in [5, 5.41) is 19.4. The number of aliphatic hydroxyl groups is 2. The van der Waals surface area contributed by atoms with Gasteiger partial charge in [-0.05, 0) is 37.5 Å². The first-order valence-electron chi connectivity index (χ1n) is 5.15. The molecule has 2 saturated carbocycles. The number of hydrogen-bond acceptors (Lipinski definition) is 2. The smallest absolute Gasteiger partial charge is 0.0573 e. The van der Waals surface area contributed by atoms with E-state index in [1.807, 2.05) is 0 Å². The second kappa shape index (κ2) is 3.35. The minimum atomic E-state index is -0.126. The predicted octanol–water partition coefficient (Wildman–Crippen LogP) is 1.31. The van der Waals surface area contributed by atoms with Gasteiger partial charge in [-0.3, -0.25) is 0 Å². The highest BCUT2D eigenvalue weighted by Gasteiger charge is 2.38. The van der Waals surface area contributed by atoms with Crippen LogP contribution in [0.15, 0.2) is 0 Å². The molecule has 2 aliphatic carbocycles. The Morgan fingerprint density at radius 3 is 1.50 bits per heavy atom. The van der Waals surface area contributed by atoms with Crippen molar-refractivity contribution in [3.05, 3.63) is 0 Å². The fourth-order valence-corrected chi connectivity index (χ4v) is 2.91. The van der Waals surface area contributed by atoms with Crippen LogP contribution in [0, 0.1) is 11.8 Å². The Labute approximate surface area is 73.6 Å². The lowest BCUT2D eigenvalue weighted by molar-refractivity contribution is -0.0608. The van der Waals surface area contributed by atoms with Crippen molar-refractivity contribution < 1.29 is 10.2 Å². The van der Waals surface area contributed by atoms with E-state index in [1.165, 1.54) is 12.8 Å². The molecule has 0 radical (unpaired) electrons. The molecule has 0 aromatic rings. The molecule has 2 rings (SSSR count). The topological polar surface area (TPSA) is 40.5 Å². The van der Waals surface area contributed by atoms with Gasteiger partial charge in [-0.25, -0.2) is 0 Å². The summed E-state index contributed by atoms with van der Waals surface area (Å²) in [4.78, 5) is 0. The third-order valence-corrected chi connectivity index (χ3v) is 3.62. The predicted molar refractivity (Wildman–Crippen MR) is 46.7 cm³/mol. The van der Waals surface area contributed by atoms with Crippen LogP contribution in [0.25, 0.3) is 0 Å². The first-order valence-corrected chi connectivity index (χ1v) is 5.15. The summed E-state index contributed by atoms with van der Waals surface area (Å²) in [5.41, 5.74) is 0. The molecule has 0 bridgehead atoms. The van der Waals surface area contributed by atoms with Gasteiger partial charge in [0.05, 0.1) is 12.2 Å². The summed E-state index contributed by atoms with van der Waals surface area (Å²) in [6, 6.07) is 0. The highest BCUT2D eigenvalue weighted by Crippen LogP contribution is 2.40. The van der Waals surface area contributed by atoms with Crippen LogP contribution in [-0.4, -0.2) is 22.4 Å². The van der Waals surface area contributed by atoms with Gasteiger partial charge in [0.1, 0.15) is 0 Å². The van der Waals surface area contributed by atoms with Gasteiger partial charge in [0.2, 0.25) is 0 Å². The van der Waals surface area contributed by atoms with E-state index in [0.717, 1.165) is 25.7 Å². The molecule has 0 saturated heterocycles. The Kier molecular flexibility index (Phi) is 2.37. The van der Waals surface area contributed by atoms with Gasteiger partial charge in [-0.1, -0.05) is 12.8 Å². The molecule has 12 heavy (non-hydrogen) atoms. The minimum Gasteiger partial charge on any atom is -0.393 e. The van der Waals surface area contributed by atoms with Crippen LogP contribution < -0.4 is 0 Å². The molecular formula is C10H18O2. The van der Waals surface area contributed by atoms with E-state index in [4.69, 9.17) is 0 Å². The second-order valence-electron chi connectivity index (χ2n) is 4.32. The molecular weight excluding hydrogens is 152 g/mol. The number of rotatable bonds is 0. The van der Waals surface area contributed by atoms with Crippen LogP contribution in [0.5, 0.6) is 0 Å². The first-order chi connectivity index (χ1) is 5.79. The van der Waals surface area contributed by atoms with E-state index >= 15 is 0 Å². The van der Waals surface area contributed by atoms with E-state index < -0.39 is 0 Å². The Balaban J connectivity index is 2.05. The average molecular weight is 170 g/mol. The quantitative estimate of drug-likeness (QED) is 0.575. The maximum atomic E-state index is 9.71. The normalized spacial score (nSPS) is 48.5. The molecule has 2 aliphatic rings. The van der Waals surface area contributed by atoms with E-state index in [-0.39, 0.29) is 12.2 Å². The van der Waals surface area contributed by atoms with Crippen molar-refractivity contribution in [1.29, 1.82) is 0 Å². The molecule has 2 fully saturated rings. The number of hydrogen-bond donors (Lipinski definition) is 2. The summed E-state index contributed by atoms with van der Waals surface area (Å²) in [7, 11) is 0. The molecule has 0 aliphatic heterocycles. The highest BCUT2D eigenvalue weighted by molar-refractivity contribution is 4.89. The molecule has 0 aromatic carbocycles. The van der Waals surface area contributed by atoms with Gasteiger partial charge in [-0.2, -0.15) is 0 Å². The van der Waals surface area contributed by atoms with Gasteiger partial charge in [-0.15, -0.1) is 0 Å². The Morgan fingerprint density at radius 1 is 0.667 bits per heavy atom. The minimum absolute atomic E-state index is 0.126. The summed E-state index contributed by atoms with van der Waals surface area (Å²) >= 11 is 0. The van der Waals surface area contributed by atoms with E-state index in [0.29, 0.717) is 11.8 Å². The van der Waals surface area contributed by atoms with Crippen molar-refractivity contribution in [3.63, 3.8) is 0 Å². The lowest BCUT2D eigenvalue weighted by Gasteiger charge is -2.41. The summed E-state index contributed by atoms with van der Waals surface area (Å²) in [5.74, 6) is 0.810. The van der Waals surface area contributed by atoms with Crippen molar-refractivity contribution >= 4 is 0 Å². The van der Waals surface area contributed by atoms with Gasteiger partial charge in [0.25, 0.3) is 0 Å². The van der Waals surface area contributed by atoms with Crippen molar-refractivity contribution in [2.24, 2.45) is 11.8 Å². The van der Waals surface area contributed by atoms with Crippen LogP contribution >= 0.6 is 0 Å². The van der Waals surface area contributed by atoms with Crippen LogP contribution in [0.1, 0.15) is 38.5 Å². The lowest BCUT2D eigenvalue weighted by atomic mass is 9.68. The molecule has 0 heterocycles. The molecule has 2 heteroatoms. The molecule has 0 spiro atoms. The summed E-state index contributed by atoms with van der Waals surface area (Å²) in [6.07, 6.45) is 6.10. The average Bonchev–Trinajstić information content (AvgIpc) is 2.12. The molecule has 0 amide bonds. The third-order valence-electron chi connectivity index (χ3n) is 3.62. The van der Waals surface area contributed by atoms with Gasteiger partial charge < -0.3 is 10.2 Å². The number of aliphatic hydroxyl groups excluding tert-OH is 2. The molecule has 0 unspecified atom stereocenters. The fraction of sp³-hybridized carbons (Fsp3) is 1.00. The molecule has 2 nitrogen and oxygen atoms in total. The van der Waals surface area contributed by atoms with Crippen molar-refractivity contribution in [2.75, 3.05) is 0 Å². The van der Waals surface area contributed by atoms with E-state index in [2.05, 4.69) is 0 Å². The summed E-state index contributed by atoms with van der Waals surface area (Å²) in [6.45, 7) is 0. The zero-order valence-corrected chi connectivity index (χ0v) is 7.45. The Bertz CT molecular complexity index is 140. The second-order valence-corrected chi connectivity index (χ2v) is 4.32. The standard InChI is InChI=1S/C10H18O2/c11-9-5-6-10(12)8-4-2-1-3-7(8)9/h7-12H,1-6H2/t7-,8+,9+,10-. The fourth-order valence-electron chi connectivity index (χ4n) is 2.91. The third kappa shape index (κ3) is 1.38. The lowest BCUT2D eigenvalue weighted by Crippen LogP contribution is -2.42. The zero-order chi connectivity index (χ0) is 8.55. The van der Waals surface area contributed by atoms with Gasteiger partial charge >= 0.3 is 0 Å². The van der Waals surface area contributed by atoms with Crippen molar-refractivity contribution in [2.45, 2.75) is 50.7 Å². The van der Waals surface area contributed by atoms with Crippen molar-refractivity contribution in [1.82, 2.24) is 0 Å². The van der Waals surface area contributed by atoms with E-state index in [9.17, 15) is 10.2 Å². The summed E-state index contributed by atoms with van der Waals surface area (Å²) < 4.78 is 0. The Morgan fingerprint density at radius 2 is 1.08 bits per heavy atom. The number of fused-ring (bicyclic) bond motifs is 1. The largest absolute Gasteiger partial charge is 0.393 e. The first kappa shape index (κ1) is 8.52. The van der Waals surface area contributed by atoms with Crippen LogP contribution in [0.2, 0.25) is 0 Å². The Hall–Kier alpha value is -0.0800. The molecule has 2 N–H and O–H groups in total. The SMILES string of the molecule is O[C@@H]1CC[C@H](O)[C@@H]2CCCC[C@@H]21. The van der Waals surface area contributed by atoms with Crippen LogP contribution in [-0.2, 0) is 0 Å². The zero-order valence-electron chi connectivity index (χ0n) is 7.45. The monoisotopic (exact) mass is 170 g/mol. The van der Waals surface area contributed by atoms with Crippen molar-refractivity contribution in [3.8, 4) is 0 Å². The molecule has 4 atom stereocenters. The van der Waals surface area contributed by atoms with Crippen LogP contribution in [0.4, 0.5) is 0 Å². The van der Waals surface area contributed by atoms with Crippen LogP contribution in [0.3, 0.4) is 0 Å². The van der Waals surface area contributed by atoms with Gasteiger partial charge in [0.15, 0.2) is 0 Å². The molecule has 70 valence electrons. The van der Waals surface area contributed by atoms with Gasteiger partial charge in [0, 0.05) is 0 Å². The maximum Gasteiger partial charge on any atom is 0.0573 e.